The molecular formula is C16H25NOS. The van der Waals surface area contributed by atoms with Crippen LogP contribution in [0.1, 0.15) is 38.2 Å². The Morgan fingerprint density at radius 2 is 2.05 bits per heavy atom. The second-order valence-corrected chi connectivity index (χ2v) is 6.41. The van der Waals surface area contributed by atoms with Gasteiger partial charge in [-0.25, -0.2) is 0 Å². The van der Waals surface area contributed by atoms with E-state index in [9.17, 15) is 5.11 Å². The number of thioether (sulfide) groups is 1. The summed E-state index contributed by atoms with van der Waals surface area (Å²) in [6.45, 7) is 6.00. The summed E-state index contributed by atoms with van der Waals surface area (Å²) in [7, 11) is 0. The largest absolute Gasteiger partial charge is 0.392 e. The summed E-state index contributed by atoms with van der Waals surface area (Å²) in [6, 6.07) is 8.67. The first-order chi connectivity index (χ1) is 9.26. The molecule has 2 unspecified atom stereocenters. The van der Waals surface area contributed by atoms with Gasteiger partial charge in [0.15, 0.2) is 0 Å². The molecule has 19 heavy (non-hydrogen) atoms. The zero-order chi connectivity index (χ0) is 13.7. The normalized spacial score (nSPS) is 19.7. The molecule has 0 aliphatic carbocycles. The van der Waals surface area contributed by atoms with E-state index >= 15 is 0 Å². The Bertz CT molecular complexity index is 392. The Kier molecular flexibility index (Phi) is 5.74. The van der Waals surface area contributed by atoms with E-state index in [1.807, 2.05) is 11.8 Å². The third kappa shape index (κ3) is 3.74. The smallest absolute Gasteiger partial charge is 0.0692 e. The first-order valence-corrected chi connectivity index (χ1v) is 8.35. The Hall–Kier alpha value is -0.510. The van der Waals surface area contributed by atoms with Crippen LogP contribution in [0.4, 0.5) is 0 Å². The van der Waals surface area contributed by atoms with E-state index in [-0.39, 0.29) is 6.10 Å². The van der Waals surface area contributed by atoms with Gasteiger partial charge in [0.05, 0.1) is 6.10 Å². The minimum Gasteiger partial charge on any atom is -0.392 e. The summed E-state index contributed by atoms with van der Waals surface area (Å²) < 4.78 is 0. The summed E-state index contributed by atoms with van der Waals surface area (Å²) in [5.41, 5.74) is 1.47. The predicted molar refractivity (Wildman–Crippen MR) is 82.9 cm³/mol. The topological polar surface area (TPSA) is 32.3 Å². The van der Waals surface area contributed by atoms with Crippen molar-refractivity contribution in [2.45, 2.75) is 43.6 Å². The van der Waals surface area contributed by atoms with Crippen LogP contribution in [0.3, 0.4) is 0 Å². The maximum absolute atomic E-state index is 10.1. The van der Waals surface area contributed by atoms with Crippen LogP contribution in [-0.4, -0.2) is 30.1 Å². The fraction of sp³-hybridized carbons (Fsp3) is 0.625. The summed E-state index contributed by atoms with van der Waals surface area (Å²) in [5, 5.41) is 13.6. The van der Waals surface area contributed by atoms with Gasteiger partial charge >= 0.3 is 0 Å². The van der Waals surface area contributed by atoms with Gasteiger partial charge in [-0.05, 0) is 17.5 Å². The SMILES string of the molecule is CCC(CC)C(O)CNCC1CSc2ccccc21. The molecule has 0 radical (unpaired) electrons. The van der Waals surface area contributed by atoms with Gasteiger partial charge in [0.2, 0.25) is 0 Å². The van der Waals surface area contributed by atoms with Gasteiger partial charge in [0, 0.05) is 29.7 Å². The van der Waals surface area contributed by atoms with Gasteiger partial charge in [0.25, 0.3) is 0 Å². The minimum absolute atomic E-state index is 0.209. The molecule has 1 aliphatic rings. The van der Waals surface area contributed by atoms with E-state index in [0.717, 1.165) is 31.7 Å². The van der Waals surface area contributed by atoms with Gasteiger partial charge in [0.1, 0.15) is 0 Å². The van der Waals surface area contributed by atoms with E-state index < -0.39 is 0 Å². The highest BCUT2D eigenvalue weighted by atomic mass is 32.2. The number of hydrogen-bond acceptors (Lipinski definition) is 3. The maximum Gasteiger partial charge on any atom is 0.0692 e. The van der Waals surface area contributed by atoms with E-state index in [4.69, 9.17) is 0 Å². The quantitative estimate of drug-likeness (QED) is 0.803. The summed E-state index contributed by atoms with van der Waals surface area (Å²) in [6.07, 6.45) is 1.91. The minimum atomic E-state index is -0.209. The Balaban J connectivity index is 1.78. The number of nitrogens with one attached hydrogen (secondary N) is 1. The van der Waals surface area contributed by atoms with Crippen LogP contribution < -0.4 is 5.32 Å². The summed E-state index contributed by atoms with van der Waals surface area (Å²) >= 11 is 1.95. The van der Waals surface area contributed by atoms with Crippen molar-refractivity contribution >= 4 is 11.8 Å². The Morgan fingerprint density at radius 1 is 1.32 bits per heavy atom. The number of aliphatic hydroxyl groups excluding tert-OH is 1. The molecule has 0 saturated carbocycles. The summed E-state index contributed by atoms with van der Waals surface area (Å²) in [4.78, 5) is 1.43. The molecule has 3 heteroatoms. The molecule has 106 valence electrons. The molecule has 0 fully saturated rings. The van der Waals surface area contributed by atoms with Crippen molar-refractivity contribution in [2.24, 2.45) is 5.92 Å². The van der Waals surface area contributed by atoms with Crippen LogP contribution in [0.25, 0.3) is 0 Å². The van der Waals surface area contributed by atoms with Crippen LogP contribution in [0.2, 0.25) is 0 Å². The lowest BCUT2D eigenvalue weighted by molar-refractivity contribution is 0.101. The van der Waals surface area contributed by atoms with Gasteiger partial charge in [-0.1, -0.05) is 44.9 Å². The van der Waals surface area contributed by atoms with Gasteiger partial charge in [-0.2, -0.15) is 0 Å². The third-order valence-corrected chi connectivity index (χ3v) is 5.39. The molecule has 0 spiro atoms. The van der Waals surface area contributed by atoms with Crippen LogP contribution in [0.5, 0.6) is 0 Å². The second-order valence-electron chi connectivity index (χ2n) is 5.35. The molecule has 0 bridgehead atoms. The van der Waals surface area contributed by atoms with Crippen LogP contribution in [0.15, 0.2) is 29.2 Å². The number of benzene rings is 1. The lowest BCUT2D eigenvalue weighted by Crippen LogP contribution is -2.34. The maximum atomic E-state index is 10.1. The average molecular weight is 279 g/mol. The average Bonchev–Trinajstić information content (AvgIpc) is 2.84. The molecule has 1 aliphatic heterocycles. The van der Waals surface area contributed by atoms with Crippen LogP contribution >= 0.6 is 11.8 Å². The van der Waals surface area contributed by atoms with E-state index in [1.54, 1.807) is 0 Å². The predicted octanol–water partition coefficient (Wildman–Crippen LogP) is 3.26. The highest BCUT2D eigenvalue weighted by molar-refractivity contribution is 7.99. The second kappa shape index (κ2) is 7.32. The van der Waals surface area contributed by atoms with Crippen molar-refractivity contribution in [3.8, 4) is 0 Å². The van der Waals surface area contributed by atoms with Crippen molar-refractivity contribution in [3.63, 3.8) is 0 Å². The van der Waals surface area contributed by atoms with Gasteiger partial charge in [-0.3, -0.25) is 0 Å². The van der Waals surface area contributed by atoms with Gasteiger partial charge < -0.3 is 10.4 Å². The fourth-order valence-electron chi connectivity index (χ4n) is 2.80. The Morgan fingerprint density at radius 3 is 2.79 bits per heavy atom. The molecule has 2 nitrogen and oxygen atoms in total. The first kappa shape index (κ1) is 14.9. The first-order valence-electron chi connectivity index (χ1n) is 7.36. The molecule has 0 aromatic heterocycles. The molecule has 2 N–H and O–H groups in total. The number of fused-ring (bicyclic) bond motifs is 1. The highest BCUT2D eigenvalue weighted by Gasteiger charge is 2.23. The number of hydrogen-bond donors (Lipinski definition) is 2. The van der Waals surface area contributed by atoms with Crippen molar-refractivity contribution in [3.05, 3.63) is 29.8 Å². The number of aliphatic hydroxyl groups is 1. The number of rotatable bonds is 7. The fourth-order valence-corrected chi connectivity index (χ4v) is 4.06. The molecule has 1 heterocycles. The van der Waals surface area contributed by atoms with Crippen molar-refractivity contribution in [1.29, 1.82) is 0 Å². The summed E-state index contributed by atoms with van der Waals surface area (Å²) in [5.74, 6) is 2.18. The lowest BCUT2D eigenvalue weighted by atomic mass is 9.96. The van der Waals surface area contributed by atoms with E-state index in [2.05, 4.69) is 43.4 Å². The molecule has 2 rings (SSSR count). The van der Waals surface area contributed by atoms with Crippen LogP contribution in [0, 0.1) is 5.92 Å². The van der Waals surface area contributed by atoms with Crippen LogP contribution in [-0.2, 0) is 0 Å². The molecular weight excluding hydrogens is 254 g/mol. The highest BCUT2D eigenvalue weighted by Crippen LogP contribution is 2.38. The molecule has 1 aromatic rings. The molecule has 1 aromatic carbocycles. The molecule has 2 atom stereocenters. The zero-order valence-corrected chi connectivity index (χ0v) is 12.7. The zero-order valence-electron chi connectivity index (χ0n) is 11.9. The van der Waals surface area contributed by atoms with E-state index in [1.165, 1.54) is 10.5 Å². The monoisotopic (exact) mass is 279 g/mol. The molecule has 0 amide bonds. The Labute approximate surface area is 121 Å². The molecule has 0 saturated heterocycles. The third-order valence-electron chi connectivity index (χ3n) is 4.14. The van der Waals surface area contributed by atoms with Gasteiger partial charge in [-0.15, -0.1) is 11.8 Å². The van der Waals surface area contributed by atoms with Crippen molar-refractivity contribution in [2.75, 3.05) is 18.8 Å². The van der Waals surface area contributed by atoms with Crippen molar-refractivity contribution < 1.29 is 5.11 Å². The van der Waals surface area contributed by atoms with E-state index in [0.29, 0.717) is 11.8 Å². The van der Waals surface area contributed by atoms with Crippen molar-refractivity contribution in [1.82, 2.24) is 5.32 Å². The lowest BCUT2D eigenvalue weighted by Gasteiger charge is -2.21. The standard InChI is InChI=1S/C16H25NOS/c1-3-12(4-2)15(18)10-17-9-13-11-19-16-8-6-5-7-14(13)16/h5-8,12-13,15,17-18H,3-4,9-11H2,1-2H3.